The van der Waals surface area contributed by atoms with Crippen LogP contribution in [-0.2, 0) is 4.79 Å². The third-order valence-electron chi connectivity index (χ3n) is 1.94. The molecule has 0 aromatic heterocycles. The SMILES string of the molecule is CC(C)C(N)(C=O)C[C@@H](C)O. The predicted molar refractivity (Wildman–Crippen MR) is 44.1 cm³/mol. The third kappa shape index (κ3) is 2.99. The molecule has 0 aromatic rings. The van der Waals surface area contributed by atoms with Gasteiger partial charge in [-0.1, -0.05) is 13.8 Å². The molecule has 0 aromatic carbocycles. The Labute approximate surface area is 67.6 Å². The molecule has 0 aliphatic heterocycles. The number of nitrogens with two attached hydrogens (primary N) is 1. The van der Waals surface area contributed by atoms with E-state index in [-0.39, 0.29) is 5.92 Å². The van der Waals surface area contributed by atoms with Gasteiger partial charge in [0.25, 0.3) is 0 Å². The van der Waals surface area contributed by atoms with Crippen molar-refractivity contribution in [3.8, 4) is 0 Å². The Morgan fingerprint density at radius 3 is 2.09 bits per heavy atom. The van der Waals surface area contributed by atoms with Crippen LogP contribution in [0.4, 0.5) is 0 Å². The van der Waals surface area contributed by atoms with Gasteiger partial charge in [0.2, 0.25) is 0 Å². The van der Waals surface area contributed by atoms with Crippen LogP contribution in [0.25, 0.3) is 0 Å². The normalized spacial score (nSPS) is 19.5. The molecule has 0 fully saturated rings. The minimum absolute atomic E-state index is 0.0644. The van der Waals surface area contributed by atoms with Gasteiger partial charge in [-0.2, -0.15) is 0 Å². The predicted octanol–water partition coefficient (Wildman–Crippen LogP) is 0.310. The summed E-state index contributed by atoms with van der Waals surface area (Å²) in [6.45, 7) is 5.38. The van der Waals surface area contributed by atoms with Crippen LogP contribution in [0.1, 0.15) is 27.2 Å². The Morgan fingerprint density at radius 2 is 2.00 bits per heavy atom. The van der Waals surface area contributed by atoms with Crippen molar-refractivity contribution in [2.45, 2.75) is 38.8 Å². The number of hydrogen-bond donors (Lipinski definition) is 2. The van der Waals surface area contributed by atoms with Crippen LogP contribution in [-0.4, -0.2) is 23.0 Å². The molecule has 1 unspecified atom stereocenters. The van der Waals surface area contributed by atoms with Crippen molar-refractivity contribution < 1.29 is 9.90 Å². The summed E-state index contributed by atoms with van der Waals surface area (Å²) in [6, 6.07) is 0. The molecule has 66 valence electrons. The summed E-state index contributed by atoms with van der Waals surface area (Å²) in [7, 11) is 0. The fraction of sp³-hybridized carbons (Fsp3) is 0.875. The van der Waals surface area contributed by atoms with E-state index in [4.69, 9.17) is 10.8 Å². The quantitative estimate of drug-likeness (QED) is 0.580. The molecule has 0 aliphatic rings. The summed E-state index contributed by atoms with van der Waals surface area (Å²) < 4.78 is 0. The van der Waals surface area contributed by atoms with E-state index >= 15 is 0 Å². The van der Waals surface area contributed by atoms with Gasteiger partial charge >= 0.3 is 0 Å². The molecular weight excluding hydrogens is 142 g/mol. The molecule has 11 heavy (non-hydrogen) atoms. The van der Waals surface area contributed by atoms with Gasteiger partial charge in [-0.3, -0.25) is 0 Å². The first kappa shape index (κ1) is 10.6. The monoisotopic (exact) mass is 159 g/mol. The molecule has 0 saturated carbocycles. The molecule has 0 amide bonds. The number of carbonyl (C=O) groups is 1. The number of aliphatic hydroxyl groups excluding tert-OH is 1. The molecule has 3 heteroatoms. The van der Waals surface area contributed by atoms with Crippen molar-refractivity contribution >= 4 is 6.29 Å². The minimum atomic E-state index is -0.867. The van der Waals surface area contributed by atoms with Crippen LogP contribution in [0.5, 0.6) is 0 Å². The highest BCUT2D eigenvalue weighted by Crippen LogP contribution is 2.17. The molecule has 0 saturated heterocycles. The highest BCUT2D eigenvalue weighted by molar-refractivity contribution is 5.64. The van der Waals surface area contributed by atoms with Gasteiger partial charge in [-0.05, 0) is 19.3 Å². The lowest BCUT2D eigenvalue weighted by atomic mass is 9.84. The van der Waals surface area contributed by atoms with Crippen molar-refractivity contribution in [1.82, 2.24) is 0 Å². The number of rotatable bonds is 4. The number of aliphatic hydroxyl groups is 1. The molecule has 0 aliphatic carbocycles. The Hall–Kier alpha value is -0.410. The Bertz CT molecular complexity index is 134. The summed E-state index contributed by atoms with van der Waals surface area (Å²) in [6.07, 6.45) is 0.533. The van der Waals surface area contributed by atoms with Gasteiger partial charge in [0, 0.05) is 0 Å². The first-order valence-electron chi connectivity index (χ1n) is 3.85. The van der Waals surface area contributed by atoms with Crippen LogP contribution in [0, 0.1) is 5.92 Å². The van der Waals surface area contributed by atoms with E-state index in [1.165, 1.54) is 0 Å². The third-order valence-corrected chi connectivity index (χ3v) is 1.94. The van der Waals surface area contributed by atoms with E-state index in [1.54, 1.807) is 6.92 Å². The first-order valence-corrected chi connectivity index (χ1v) is 3.85. The van der Waals surface area contributed by atoms with Crippen molar-refractivity contribution in [3.63, 3.8) is 0 Å². The molecular formula is C8H17NO2. The Morgan fingerprint density at radius 1 is 1.55 bits per heavy atom. The van der Waals surface area contributed by atoms with Crippen molar-refractivity contribution in [3.05, 3.63) is 0 Å². The van der Waals surface area contributed by atoms with Gasteiger partial charge in [0.15, 0.2) is 0 Å². The lowest BCUT2D eigenvalue weighted by Crippen LogP contribution is -2.48. The molecule has 0 rings (SSSR count). The molecule has 0 bridgehead atoms. The zero-order valence-electron chi connectivity index (χ0n) is 7.37. The molecule has 3 nitrogen and oxygen atoms in total. The van der Waals surface area contributed by atoms with Crippen LogP contribution in [0.15, 0.2) is 0 Å². The van der Waals surface area contributed by atoms with Gasteiger partial charge in [-0.25, -0.2) is 0 Å². The summed E-state index contributed by atoms with van der Waals surface area (Å²) >= 11 is 0. The zero-order valence-corrected chi connectivity index (χ0v) is 7.37. The summed E-state index contributed by atoms with van der Waals surface area (Å²) in [5, 5.41) is 9.03. The minimum Gasteiger partial charge on any atom is -0.393 e. The summed E-state index contributed by atoms with van der Waals surface area (Å²) in [4.78, 5) is 10.6. The lowest BCUT2D eigenvalue weighted by molar-refractivity contribution is -0.114. The average Bonchev–Trinajstić information content (AvgIpc) is 1.86. The van der Waals surface area contributed by atoms with Crippen LogP contribution >= 0.6 is 0 Å². The van der Waals surface area contributed by atoms with E-state index in [2.05, 4.69) is 0 Å². The first-order chi connectivity index (χ1) is 4.92. The molecule has 3 N–H and O–H groups in total. The average molecular weight is 159 g/mol. The standard InChI is InChI=1S/C8H17NO2/c1-6(2)8(9,5-10)4-7(3)11/h5-7,11H,4,9H2,1-3H3/t7-,8?/m1/s1. The van der Waals surface area contributed by atoms with Crippen molar-refractivity contribution in [1.29, 1.82) is 0 Å². The van der Waals surface area contributed by atoms with E-state index in [0.29, 0.717) is 6.42 Å². The topological polar surface area (TPSA) is 63.3 Å². The number of carbonyl (C=O) groups excluding carboxylic acids is 1. The van der Waals surface area contributed by atoms with Crippen LogP contribution in [0.3, 0.4) is 0 Å². The summed E-state index contributed by atoms with van der Waals surface area (Å²) in [5.74, 6) is 0.0644. The highest BCUT2D eigenvalue weighted by atomic mass is 16.3. The van der Waals surface area contributed by atoms with Gasteiger partial charge in [0.05, 0.1) is 11.6 Å². The van der Waals surface area contributed by atoms with E-state index in [0.717, 1.165) is 6.29 Å². The van der Waals surface area contributed by atoms with E-state index in [1.807, 2.05) is 13.8 Å². The lowest BCUT2D eigenvalue weighted by Gasteiger charge is -2.28. The molecule has 2 atom stereocenters. The number of aldehydes is 1. The smallest absolute Gasteiger partial charge is 0.140 e. The van der Waals surface area contributed by atoms with Gasteiger partial charge in [-0.15, -0.1) is 0 Å². The van der Waals surface area contributed by atoms with Crippen molar-refractivity contribution in [2.24, 2.45) is 11.7 Å². The Kier molecular flexibility index (Phi) is 3.69. The summed E-state index contributed by atoms with van der Waals surface area (Å²) in [5.41, 5.74) is 4.85. The number of hydrogen-bond acceptors (Lipinski definition) is 3. The van der Waals surface area contributed by atoms with E-state index in [9.17, 15) is 4.79 Å². The maximum absolute atomic E-state index is 10.6. The Balaban J connectivity index is 4.22. The zero-order chi connectivity index (χ0) is 9.07. The highest BCUT2D eigenvalue weighted by Gasteiger charge is 2.29. The maximum atomic E-state index is 10.6. The second-order valence-electron chi connectivity index (χ2n) is 3.44. The second kappa shape index (κ2) is 3.83. The van der Waals surface area contributed by atoms with Crippen LogP contribution in [0.2, 0.25) is 0 Å². The molecule has 0 radical (unpaired) electrons. The van der Waals surface area contributed by atoms with E-state index < -0.39 is 11.6 Å². The fourth-order valence-corrected chi connectivity index (χ4v) is 0.932. The molecule has 0 heterocycles. The van der Waals surface area contributed by atoms with Crippen LogP contribution < -0.4 is 5.73 Å². The second-order valence-corrected chi connectivity index (χ2v) is 3.44. The maximum Gasteiger partial charge on any atom is 0.140 e. The fourth-order valence-electron chi connectivity index (χ4n) is 0.932. The van der Waals surface area contributed by atoms with Gasteiger partial charge < -0.3 is 15.6 Å². The van der Waals surface area contributed by atoms with Crippen molar-refractivity contribution in [2.75, 3.05) is 0 Å². The largest absolute Gasteiger partial charge is 0.393 e. The van der Waals surface area contributed by atoms with Gasteiger partial charge in [0.1, 0.15) is 6.29 Å². The molecule has 0 spiro atoms.